The molecule has 0 aliphatic carbocycles. The highest BCUT2D eigenvalue weighted by molar-refractivity contribution is 6.47. The molecule has 1 aromatic heterocycles. The van der Waals surface area contributed by atoms with Crippen LogP contribution in [0.3, 0.4) is 0 Å². The van der Waals surface area contributed by atoms with Crippen molar-refractivity contribution in [2.45, 2.75) is 38.9 Å². The second-order valence-corrected chi connectivity index (χ2v) is 6.78. The lowest BCUT2D eigenvalue weighted by atomic mass is 9.82. The summed E-state index contributed by atoms with van der Waals surface area (Å²) in [5, 5.41) is 12.6. The number of H-pyrrole nitrogens is 1. The van der Waals surface area contributed by atoms with Crippen molar-refractivity contribution in [1.82, 2.24) is 4.98 Å². The van der Waals surface area contributed by atoms with Gasteiger partial charge in [0.2, 0.25) is 0 Å². The number of benzene rings is 2. The van der Waals surface area contributed by atoms with Gasteiger partial charge in [-0.25, -0.2) is 0 Å². The van der Waals surface area contributed by atoms with Crippen LogP contribution in [0.4, 0.5) is 0 Å². The van der Waals surface area contributed by atoms with Crippen LogP contribution in [0.1, 0.15) is 27.7 Å². The van der Waals surface area contributed by atoms with Gasteiger partial charge in [0.1, 0.15) is 0 Å². The number of fused-ring (bicyclic) bond motifs is 3. The third-order valence-electron chi connectivity index (χ3n) is 4.49. The Morgan fingerprint density at radius 2 is 1.64 bits per heavy atom. The standard InChI is InChI=1S/C18H21BNO2/c1-17(2,21)18(3,4)22-19-12-9-10-14-13-7-5-6-8-15(13)20-16(14)11-12/h5-11,20-21H,1-4H3. The number of nitrogens with one attached hydrogen (secondary N) is 1. The zero-order valence-electron chi connectivity index (χ0n) is 13.5. The number of para-hydroxylation sites is 1. The summed E-state index contributed by atoms with van der Waals surface area (Å²) >= 11 is 0. The Bertz CT molecular complexity index is 815. The van der Waals surface area contributed by atoms with Crippen LogP contribution in [0.2, 0.25) is 0 Å². The SMILES string of the molecule is CC(C)(O)C(C)(C)O[B]c1ccc2c(c1)[nH]c1ccccc12. The first-order valence-electron chi connectivity index (χ1n) is 7.52. The van der Waals surface area contributed by atoms with Crippen LogP contribution in [0.5, 0.6) is 0 Å². The Hall–Kier alpha value is -1.78. The fourth-order valence-electron chi connectivity index (χ4n) is 2.31. The summed E-state index contributed by atoms with van der Waals surface area (Å²) in [7, 11) is 1.71. The fraction of sp³-hybridized carbons (Fsp3) is 0.333. The van der Waals surface area contributed by atoms with Crippen molar-refractivity contribution in [1.29, 1.82) is 0 Å². The number of aromatic nitrogens is 1. The Balaban J connectivity index is 1.88. The quantitative estimate of drug-likeness (QED) is 0.726. The molecule has 4 heteroatoms. The molecule has 0 bridgehead atoms. The van der Waals surface area contributed by atoms with E-state index in [0.29, 0.717) is 0 Å². The minimum Gasteiger partial charge on any atom is -0.427 e. The largest absolute Gasteiger partial charge is 0.427 e. The minimum absolute atomic E-state index is 0.664. The molecule has 3 nitrogen and oxygen atoms in total. The van der Waals surface area contributed by atoms with Crippen LogP contribution >= 0.6 is 0 Å². The molecule has 2 aromatic carbocycles. The number of hydrogen-bond donors (Lipinski definition) is 2. The number of aliphatic hydroxyl groups is 1. The van der Waals surface area contributed by atoms with Crippen LogP contribution in [0.25, 0.3) is 21.8 Å². The molecule has 0 atom stereocenters. The molecule has 0 saturated heterocycles. The highest BCUT2D eigenvalue weighted by Crippen LogP contribution is 2.25. The predicted molar refractivity (Wildman–Crippen MR) is 92.7 cm³/mol. The van der Waals surface area contributed by atoms with E-state index < -0.39 is 11.2 Å². The average molecular weight is 294 g/mol. The van der Waals surface area contributed by atoms with E-state index in [-0.39, 0.29) is 0 Å². The molecular weight excluding hydrogens is 273 g/mol. The molecule has 2 N–H and O–H groups in total. The predicted octanol–water partition coefficient (Wildman–Crippen LogP) is 3.13. The van der Waals surface area contributed by atoms with Crippen molar-refractivity contribution in [3.8, 4) is 0 Å². The molecule has 0 unspecified atom stereocenters. The van der Waals surface area contributed by atoms with Gasteiger partial charge in [-0.15, -0.1) is 0 Å². The van der Waals surface area contributed by atoms with Gasteiger partial charge in [-0.1, -0.05) is 35.8 Å². The van der Waals surface area contributed by atoms with Gasteiger partial charge >= 0.3 is 7.48 Å². The third kappa shape index (κ3) is 2.64. The molecule has 3 aromatic rings. The van der Waals surface area contributed by atoms with Gasteiger partial charge in [-0.2, -0.15) is 0 Å². The second kappa shape index (κ2) is 5.15. The summed E-state index contributed by atoms with van der Waals surface area (Å²) in [4.78, 5) is 3.42. The van der Waals surface area contributed by atoms with E-state index in [0.717, 1.165) is 16.5 Å². The van der Waals surface area contributed by atoms with Crippen LogP contribution < -0.4 is 5.46 Å². The Morgan fingerprint density at radius 3 is 2.36 bits per heavy atom. The van der Waals surface area contributed by atoms with E-state index >= 15 is 0 Å². The maximum atomic E-state index is 10.1. The van der Waals surface area contributed by atoms with Gasteiger partial charge < -0.3 is 14.7 Å². The van der Waals surface area contributed by atoms with E-state index in [1.54, 1.807) is 21.3 Å². The molecule has 0 spiro atoms. The highest BCUT2D eigenvalue weighted by Gasteiger charge is 2.35. The molecule has 113 valence electrons. The van der Waals surface area contributed by atoms with Crippen LogP contribution in [-0.2, 0) is 4.65 Å². The van der Waals surface area contributed by atoms with Crippen molar-refractivity contribution in [3.63, 3.8) is 0 Å². The summed E-state index contributed by atoms with van der Waals surface area (Å²) in [5.41, 5.74) is 1.60. The van der Waals surface area contributed by atoms with Crippen LogP contribution in [-0.4, -0.2) is 28.8 Å². The lowest BCUT2D eigenvalue weighted by molar-refractivity contribution is -0.0893. The first kappa shape index (κ1) is 15.1. The number of aromatic amines is 1. The van der Waals surface area contributed by atoms with Crippen molar-refractivity contribution >= 4 is 34.8 Å². The van der Waals surface area contributed by atoms with Crippen LogP contribution in [0.15, 0.2) is 42.5 Å². The molecular formula is C18H21BNO2. The van der Waals surface area contributed by atoms with E-state index in [4.69, 9.17) is 4.65 Å². The highest BCUT2D eigenvalue weighted by atomic mass is 16.5. The minimum atomic E-state index is -0.922. The lowest BCUT2D eigenvalue weighted by Crippen LogP contribution is -2.49. The van der Waals surface area contributed by atoms with E-state index in [2.05, 4.69) is 29.2 Å². The zero-order chi connectivity index (χ0) is 16.0. The summed E-state index contributed by atoms with van der Waals surface area (Å²) in [6, 6.07) is 14.5. The van der Waals surface area contributed by atoms with Gasteiger partial charge in [0, 0.05) is 21.8 Å². The van der Waals surface area contributed by atoms with Crippen LogP contribution in [0, 0.1) is 0 Å². The summed E-state index contributed by atoms with van der Waals surface area (Å²) in [5.74, 6) is 0. The normalized spacial score (nSPS) is 13.0. The van der Waals surface area contributed by atoms with E-state index in [9.17, 15) is 5.11 Å². The third-order valence-corrected chi connectivity index (χ3v) is 4.49. The van der Waals surface area contributed by atoms with Gasteiger partial charge in [0.05, 0.1) is 11.2 Å². The molecule has 0 saturated carbocycles. The van der Waals surface area contributed by atoms with E-state index in [1.807, 2.05) is 32.0 Å². The zero-order valence-corrected chi connectivity index (χ0v) is 13.5. The number of hydrogen-bond acceptors (Lipinski definition) is 2. The molecule has 0 aliphatic rings. The first-order chi connectivity index (χ1) is 10.3. The van der Waals surface area contributed by atoms with Gasteiger partial charge in [0.15, 0.2) is 0 Å². The molecule has 1 heterocycles. The molecule has 22 heavy (non-hydrogen) atoms. The van der Waals surface area contributed by atoms with Crippen molar-refractivity contribution in [3.05, 3.63) is 42.5 Å². The maximum Gasteiger partial charge on any atom is 0.330 e. The van der Waals surface area contributed by atoms with Crippen molar-refractivity contribution in [2.24, 2.45) is 0 Å². The van der Waals surface area contributed by atoms with Crippen molar-refractivity contribution in [2.75, 3.05) is 0 Å². The van der Waals surface area contributed by atoms with Gasteiger partial charge in [0.25, 0.3) is 0 Å². The Kier molecular flexibility index (Phi) is 3.54. The average Bonchev–Trinajstić information content (AvgIpc) is 2.81. The molecule has 3 rings (SSSR count). The summed E-state index contributed by atoms with van der Waals surface area (Å²) < 4.78 is 5.81. The maximum absolute atomic E-state index is 10.1. The molecule has 0 amide bonds. The Morgan fingerprint density at radius 1 is 0.955 bits per heavy atom. The molecule has 1 radical (unpaired) electrons. The smallest absolute Gasteiger partial charge is 0.330 e. The van der Waals surface area contributed by atoms with Crippen molar-refractivity contribution < 1.29 is 9.76 Å². The monoisotopic (exact) mass is 294 g/mol. The number of rotatable bonds is 4. The first-order valence-corrected chi connectivity index (χ1v) is 7.52. The summed E-state index contributed by atoms with van der Waals surface area (Å²) in [6.45, 7) is 7.26. The van der Waals surface area contributed by atoms with Gasteiger partial charge in [-0.3, -0.25) is 0 Å². The molecule has 0 fully saturated rings. The van der Waals surface area contributed by atoms with E-state index in [1.165, 1.54) is 10.8 Å². The topological polar surface area (TPSA) is 45.2 Å². The fourth-order valence-corrected chi connectivity index (χ4v) is 2.31. The summed E-state index contributed by atoms with van der Waals surface area (Å²) in [6.07, 6.45) is 0. The second-order valence-electron chi connectivity index (χ2n) is 6.78. The lowest BCUT2D eigenvalue weighted by Gasteiger charge is -2.37. The molecule has 0 aliphatic heterocycles. The Labute approximate surface area is 131 Å². The van der Waals surface area contributed by atoms with Gasteiger partial charge in [-0.05, 0) is 39.8 Å².